The summed E-state index contributed by atoms with van der Waals surface area (Å²) in [5.74, 6) is -0.0745. The molecule has 2 unspecified atom stereocenters. The number of hydrogen-bond donors (Lipinski definition) is 3. The van der Waals surface area contributed by atoms with Gasteiger partial charge in [0.1, 0.15) is 0 Å². The molecule has 0 aromatic carbocycles. The van der Waals surface area contributed by atoms with E-state index in [1.165, 1.54) is 167 Å². The first-order chi connectivity index (χ1) is 34.2. The molecule has 0 bridgehead atoms. The third-order valence-corrected chi connectivity index (χ3v) is 13.0. The zero-order valence-electron chi connectivity index (χ0n) is 45.5. The third-order valence-electron chi connectivity index (χ3n) is 13.0. The lowest BCUT2D eigenvalue weighted by Crippen LogP contribution is -2.45. The Kier molecular flexibility index (Phi) is 56.8. The Bertz CT molecular complexity index is 1310. The molecule has 0 aliphatic rings. The van der Waals surface area contributed by atoms with Crippen molar-refractivity contribution < 1.29 is 15.0 Å². The summed E-state index contributed by atoms with van der Waals surface area (Å²) in [5.41, 5.74) is 0. The van der Waals surface area contributed by atoms with Gasteiger partial charge in [-0.2, -0.15) is 0 Å². The molecule has 0 aliphatic carbocycles. The first-order valence-electron chi connectivity index (χ1n) is 29.6. The van der Waals surface area contributed by atoms with Crippen LogP contribution < -0.4 is 5.32 Å². The van der Waals surface area contributed by atoms with E-state index in [1.54, 1.807) is 6.08 Å². The highest BCUT2D eigenvalue weighted by Crippen LogP contribution is 2.16. The van der Waals surface area contributed by atoms with Crippen molar-refractivity contribution in [2.24, 2.45) is 0 Å². The highest BCUT2D eigenvalue weighted by molar-refractivity contribution is 5.76. The topological polar surface area (TPSA) is 69.6 Å². The van der Waals surface area contributed by atoms with E-state index in [1.807, 2.05) is 6.08 Å². The lowest BCUT2D eigenvalue weighted by molar-refractivity contribution is -0.123. The number of aliphatic hydroxyl groups is 2. The first kappa shape index (κ1) is 66.0. The molecule has 0 fully saturated rings. The number of carbonyl (C=O) groups is 1. The van der Waals surface area contributed by atoms with Gasteiger partial charge in [-0.1, -0.05) is 297 Å². The maximum absolute atomic E-state index is 12.5. The Morgan fingerprint density at radius 2 is 0.638 bits per heavy atom. The second-order valence-electron chi connectivity index (χ2n) is 19.7. The second kappa shape index (κ2) is 59.4. The molecule has 4 heteroatoms. The van der Waals surface area contributed by atoms with Crippen LogP contribution in [0.1, 0.15) is 277 Å². The quantitative estimate of drug-likeness (QED) is 0.0420. The van der Waals surface area contributed by atoms with Gasteiger partial charge in [0.25, 0.3) is 0 Å². The number of allylic oxidation sites excluding steroid dienone is 17. The SMILES string of the molecule is CC/C=C\C/C=C\C/C=C\C/C=C\C/C=C\C/C=C\C/C=C\C/C=C\CCCCCCCCCCC(=O)NC(CO)C(O)/C=C/CCCCCCCCCCCCCCCCCCCCCCCC. The molecule has 0 radical (unpaired) electrons. The molecule has 1 amide bonds. The minimum atomic E-state index is -0.851. The van der Waals surface area contributed by atoms with Gasteiger partial charge in [-0.3, -0.25) is 4.79 Å². The summed E-state index contributed by atoms with van der Waals surface area (Å²) in [4.78, 5) is 12.5. The lowest BCUT2D eigenvalue weighted by atomic mass is 10.0. The molecular weight excluding hydrogens is 843 g/mol. The summed E-state index contributed by atoms with van der Waals surface area (Å²) < 4.78 is 0. The van der Waals surface area contributed by atoms with Gasteiger partial charge in [-0.25, -0.2) is 0 Å². The molecule has 0 aromatic rings. The highest BCUT2D eigenvalue weighted by atomic mass is 16.3. The molecule has 0 rings (SSSR count). The van der Waals surface area contributed by atoms with Crippen molar-refractivity contribution in [2.75, 3.05) is 6.61 Å². The molecule has 0 aromatic heterocycles. The van der Waals surface area contributed by atoms with Crippen LogP contribution in [0.3, 0.4) is 0 Å². The smallest absolute Gasteiger partial charge is 0.220 e. The maximum Gasteiger partial charge on any atom is 0.220 e. The first-order valence-corrected chi connectivity index (χ1v) is 29.6. The van der Waals surface area contributed by atoms with Crippen LogP contribution >= 0.6 is 0 Å². The molecule has 0 heterocycles. The molecule has 396 valence electrons. The van der Waals surface area contributed by atoms with Gasteiger partial charge in [0, 0.05) is 6.42 Å². The normalized spacial score (nSPS) is 13.6. The van der Waals surface area contributed by atoms with E-state index in [-0.39, 0.29) is 12.5 Å². The number of hydrogen-bond acceptors (Lipinski definition) is 3. The molecule has 3 N–H and O–H groups in total. The summed E-state index contributed by atoms with van der Waals surface area (Å²) in [6, 6.07) is -0.636. The van der Waals surface area contributed by atoms with Gasteiger partial charge in [0.2, 0.25) is 5.91 Å². The van der Waals surface area contributed by atoms with E-state index in [0.29, 0.717) is 6.42 Å². The van der Waals surface area contributed by atoms with Crippen molar-refractivity contribution in [1.82, 2.24) is 5.32 Å². The van der Waals surface area contributed by atoms with Crippen molar-refractivity contribution >= 4 is 5.91 Å². The van der Waals surface area contributed by atoms with Crippen molar-refractivity contribution in [2.45, 2.75) is 289 Å². The van der Waals surface area contributed by atoms with Crippen molar-refractivity contribution in [3.8, 4) is 0 Å². The zero-order valence-corrected chi connectivity index (χ0v) is 45.5. The monoisotopic (exact) mass is 956 g/mol. The minimum Gasteiger partial charge on any atom is -0.394 e. The molecule has 0 spiro atoms. The summed E-state index contributed by atoms with van der Waals surface area (Å²) in [5, 5.41) is 23.2. The van der Waals surface area contributed by atoms with E-state index in [4.69, 9.17) is 0 Å². The van der Waals surface area contributed by atoms with Gasteiger partial charge in [-0.15, -0.1) is 0 Å². The molecule has 69 heavy (non-hydrogen) atoms. The highest BCUT2D eigenvalue weighted by Gasteiger charge is 2.18. The average molecular weight is 957 g/mol. The average Bonchev–Trinajstić information content (AvgIpc) is 3.35. The summed E-state index contributed by atoms with van der Waals surface area (Å²) in [6.45, 7) is 4.21. The second-order valence-corrected chi connectivity index (χ2v) is 19.7. The van der Waals surface area contributed by atoms with Crippen LogP contribution in [0.25, 0.3) is 0 Å². The molecule has 0 saturated carbocycles. The number of aliphatic hydroxyl groups excluding tert-OH is 2. The summed E-state index contributed by atoms with van der Waals surface area (Å²) in [6.07, 6.45) is 89.6. The summed E-state index contributed by atoms with van der Waals surface area (Å²) >= 11 is 0. The number of rotatable bonds is 53. The van der Waals surface area contributed by atoms with Crippen LogP contribution in [-0.2, 0) is 4.79 Å². The Labute approximate surface area is 429 Å². The third kappa shape index (κ3) is 55.8. The Balaban J connectivity index is 3.59. The van der Waals surface area contributed by atoms with Crippen LogP contribution in [0, 0.1) is 0 Å². The Morgan fingerprint density at radius 1 is 0.362 bits per heavy atom. The fourth-order valence-corrected chi connectivity index (χ4v) is 8.55. The molecule has 2 atom stereocenters. The van der Waals surface area contributed by atoms with Crippen molar-refractivity contribution in [3.63, 3.8) is 0 Å². The number of unbranched alkanes of at least 4 members (excludes halogenated alkanes) is 30. The number of carbonyl (C=O) groups excluding carboxylic acids is 1. The Morgan fingerprint density at radius 3 is 0.957 bits per heavy atom. The van der Waals surface area contributed by atoms with Crippen molar-refractivity contribution in [3.05, 3.63) is 109 Å². The van der Waals surface area contributed by atoms with Gasteiger partial charge in [-0.05, 0) is 83.5 Å². The van der Waals surface area contributed by atoms with Crippen LogP contribution in [-0.4, -0.2) is 34.9 Å². The van der Waals surface area contributed by atoms with Gasteiger partial charge in [0.15, 0.2) is 0 Å². The fourth-order valence-electron chi connectivity index (χ4n) is 8.55. The van der Waals surface area contributed by atoms with Crippen LogP contribution in [0.2, 0.25) is 0 Å². The van der Waals surface area contributed by atoms with Crippen LogP contribution in [0.5, 0.6) is 0 Å². The summed E-state index contributed by atoms with van der Waals surface area (Å²) in [7, 11) is 0. The largest absolute Gasteiger partial charge is 0.394 e. The van der Waals surface area contributed by atoms with Crippen LogP contribution in [0.4, 0.5) is 0 Å². The van der Waals surface area contributed by atoms with E-state index in [0.717, 1.165) is 89.9 Å². The van der Waals surface area contributed by atoms with E-state index < -0.39 is 12.1 Å². The van der Waals surface area contributed by atoms with E-state index in [2.05, 4.69) is 116 Å². The van der Waals surface area contributed by atoms with Crippen LogP contribution in [0.15, 0.2) is 109 Å². The van der Waals surface area contributed by atoms with Gasteiger partial charge < -0.3 is 15.5 Å². The predicted octanol–water partition coefficient (Wildman–Crippen LogP) is 19.9. The predicted molar refractivity (Wildman–Crippen MR) is 308 cm³/mol. The molecule has 0 saturated heterocycles. The maximum atomic E-state index is 12.5. The van der Waals surface area contributed by atoms with E-state index in [9.17, 15) is 15.0 Å². The fraction of sp³-hybridized carbons (Fsp3) is 0.708. The molecule has 0 aliphatic heterocycles. The zero-order chi connectivity index (χ0) is 49.9. The van der Waals surface area contributed by atoms with Gasteiger partial charge >= 0.3 is 0 Å². The number of nitrogens with one attached hydrogen (secondary N) is 1. The molecule has 4 nitrogen and oxygen atoms in total. The Hall–Kier alpha value is -2.95. The lowest BCUT2D eigenvalue weighted by Gasteiger charge is -2.20. The van der Waals surface area contributed by atoms with Gasteiger partial charge in [0.05, 0.1) is 18.8 Å². The number of amides is 1. The molecular formula is C65H113NO3. The standard InChI is InChI=1S/C65H113NO3/c1-3-5-7-9-11-13-15-17-19-21-23-25-27-29-30-31-32-33-34-35-36-37-39-41-43-45-47-49-51-53-55-57-59-61-65(69)66-63(62-67)64(68)60-58-56-54-52-50-48-46-44-42-40-38-28-26-24-22-20-18-16-14-12-10-8-6-4-2/h5,7,11,13,17,19,23,25,29-30,32-33,35-36,39,41,58,60,63-64,67-68H,3-4,6,8-10,12,14-16,18,20-22,24,26-28,31,34,37-38,40,42-57,59,61-62H2,1-2H3,(H,66,69)/b7-5-,13-11-,19-17-,25-23-,30-29-,33-32-,36-35-,41-39-,60-58+. The van der Waals surface area contributed by atoms with E-state index >= 15 is 0 Å². The minimum absolute atomic E-state index is 0.0745. The van der Waals surface area contributed by atoms with Crippen molar-refractivity contribution in [1.29, 1.82) is 0 Å².